The lowest BCUT2D eigenvalue weighted by Gasteiger charge is -2.31. The van der Waals surface area contributed by atoms with Crippen LogP contribution in [0, 0.1) is 5.92 Å². The number of hydrogen-bond acceptors (Lipinski definition) is 7. The van der Waals surface area contributed by atoms with Crippen LogP contribution in [-0.4, -0.2) is 46.8 Å². The molecule has 0 bridgehead atoms. The summed E-state index contributed by atoms with van der Waals surface area (Å²) in [4.78, 5) is 26.1. The molecule has 0 saturated heterocycles. The van der Waals surface area contributed by atoms with Gasteiger partial charge in [-0.2, -0.15) is 0 Å². The van der Waals surface area contributed by atoms with Gasteiger partial charge in [0.2, 0.25) is 0 Å². The number of benzene rings is 2. The molecule has 2 aromatic rings. The number of methoxy groups -OCH3 is 4. The van der Waals surface area contributed by atoms with Crippen molar-refractivity contribution in [2.45, 2.75) is 19.3 Å². The van der Waals surface area contributed by atoms with E-state index in [2.05, 4.69) is 0 Å². The van der Waals surface area contributed by atoms with Gasteiger partial charge in [0, 0.05) is 23.1 Å². The molecule has 0 radical (unpaired) electrons. The maximum Gasteiger partial charge on any atom is 0.317 e. The minimum absolute atomic E-state index is 0.188. The molecule has 0 unspecified atom stereocenters. The van der Waals surface area contributed by atoms with E-state index in [1.54, 1.807) is 59.6 Å². The molecule has 1 aliphatic rings. The number of carbonyl (C=O) groups is 2. The van der Waals surface area contributed by atoms with Crippen LogP contribution in [0.5, 0.6) is 23.0 Å². The van der Waals surface area contributed by atoms with Gasteiger partial charge in [0.25, 0.3) is 0 Å². The van der Waals surface area contributed by atoms with E-state index in [1.807, 2.05) is 12.1 Å². The standard InChI is InChI=1S/C25H28O7/c1-6-32-25(27)24-20(19-13-16(28-2)8-10-22(19)30-4)11-15(12-21(24)26)18-9-7-17(29-3)14-23(18)31-5/h7-10,12-14,20,24H,6,11H2,1-5H3/t20-,24+/m0/s1. The van der Waals surface area contributed by atoms with Crippen molar-refractivity contribution in [1.82, 2.24) is 0 Å². The Morgan fingerprint density at radius 3 is 2.19 bits per heavy atom. The topological polar surface area (TPSA) is 80.3 Å². The van der Waals surface area contributed by atoms with Crippen LogP contribution in [0.4, 0.5) is 0 Å². The van der Waals surface area contributed by atoms with Crippen LogP contribution in [-0.2, 0) is 14.3 Å². The third-order valence-electron chi connectivity index (χ3n) is 5.60. The van der Waals surface area contributed by atoms with Gasteiger partial charge in [-0.1, -0.05) is 0 Å². The average molecular weight is 440 g/mol. The second kappa shape index (κ2) is 10.2. The summed E-state index contributed by atoms with van der Waals surface area (Å²) in [5, 5.41) is 0. The van der Waals surface area contributed by atoms with Gasteiger partial charge in [0.15, 0.2) is 5.78 Å². The van der Waals surface area contributed by atoms with Crippen molar-refractivity contribution >= 4 is 17.3 Å². The normalized spacial score (nSPS) is 17.9. The third kappa shape index (κ3) is 4.56. The van der Waals surface area contributed by atoms with E-state index in [0.717, 1.165) is 11.1 Å². The van der Waals surface area contributed by atoms with Gasteiger partial charge < -0.3 is 23.7 Å². The van der Waals surface area contributed by atoms with Crippen LogP contribution in [0.15, 0.2) is 42.5 Å². The Balaban J connectivity index is 2.14. The average Bonchev–Trinajstić information content (AvgIpc) is 2.82. The van der Waals surface area contributed by atoms with Crippen LogP contribution in [0.3, 0.4) is 0 Å². The van der Waals surface area contributed by atoms with E-state index in [0.29, 0.717) is 35.0 Å². The number of allylic oxidation sites excluding steroid dienone is 2. The predicted octanol–water partition coefficient (Wildman–Crippen LogP) is 4.04. The first-order valence-corrected chi connectivity index (χ1v) is 10.3. The number of esters is 1. The van der Waals surface area contributed by atoms with Gasteiger partial charge in [-0.05, 0) is 55.3 Å². The predicted molar refractivity (Wildman–Crippen MR) is 120 cm³/mol. The van der Waals surface area contributed by atoms with E-state index in [4.69, 9.17) is 23.7 Å². The van der Waals surface area contributed by atoms with Gasteiger partial charge in [-0.15, -0.1) is 0 Å². The Morgan fingerprint density at radius 1 is 0.906 bits per heavy atom. The van der Waals surface area contributed by atoms with E-state index in [-0.39, 0.29) is 12.4 Å². The lowest BCUT2D eigenvalue weighted by atomic mass is 9.73. The van der Waals surface area contributed by atoms with Crippen molar-refractivity contribution in [1.29, 1.82) is 0 Å². The second-order valence-corrected chi connectivity index (χ2v) is 7.29. The van der Waals surface area contributed by atoms with E-state index < -0.39 is 17.8 Å². The molecule has 0 heterocycles. The van der Waals surface area contributed by atoms with Crippen molar-refractivity contribution in [2.24, 2.45) is 5.92 Å². The maximum absolute atomic E-state index is 13.2. The molecule has 7 heteroatoms. The Labute approximate surface area is 187 Å². The summed E-state index contributed by atoms with van der Waals surface area (Å²) in [6.07, 6.45) is 1.91. The smallest absolute Gasteiger partial charge is 0.317 e. The van der Waals surface area contributed by atoms with Gasteiger partial charge >= 0.3 is 5.97 Å². The zero-order chi connectivity index (χ0) is 23.3. The molecule has 0 fully saturated rings. The second-order valence-electron chi connectivity index (χ2n) is 7.29. The molecule has 3 rings (SSSR count). The Bertz CT molecular complexity index is 1020. The molecule has 2 atom stereocenters. The molecule has 170 valence electrons. The quantitative estimate of drug-likeness (QED) is 0.453. The van der Waals surface area contributed by atoms with Gasteiger partial charge in [-0.3, -0.25) is 9.59 Å². The molecule has 1 aliphatic carbocycles. The minimum Gasteiger partial charge on any atom is -0.497 e. The maximum atomic E-state index is 13.2. The molecule has 0 amide bonds. The summed E-state index contributed by atoms with van der Waals surface area (Å²) in [6, 6.07) is 10.8. The monoisotopic (exact) mass is 440 g/mol. The summed E-state index contributed by atoms with van der Waals surface area (Å²) < 4.78 is 27.0. The van der Waals surface area contributed by atoms with E-state index in [1.165, 1.54) is 6.08 Å². The highest BCUT2D eigenvalue weighted by molar-refractivity contribution is 6.11. The summed E-state index contributed by atoms with van der Waals surface area (Å²) in [5.74, 6) is 0.0390. The number of ketones is 1. The molecule has 2 aromatic carbocycles. The SMILES string of the molecule is CCOC(=O)[C@H]1C(=O)C=C(c2ccc(OC)cc2OC)C[C@H]1c1cc(OC)ccc1OC. The van der Waals surface area contributed by atoms with Crippen LogP contribution >= 0.6 is 0 Å². The van der Waals surface area contributed by atoms with Crippen molar-refractivity contribution in [3.63, 3.8) is 0 Å². The van der Waals surface area contributed by atoms with E-state index in [9.17, 15) is 9.59 Å². The first-order chi connectivity index (χ1) is 15.5. The molecular weight excluding hydrogens is 412 g/mol. The molecule has 7 nitrogen and oxygen atoms in total. The molecule has 0 spiro atoms. The zero-order valence-electron chi connectivity index (χ0n) is 19.0. The first kappa shape index (κ1) is 23.2. The van der Waals surface area contributed by atoms with Gasteiger partial charge in [0.05, 0.1) is 35.0 Å². The fourth-order valence-electron chi connectivity index (χ4n) is 4.06. The van der Waals surface area contributed by atoms with Crippen LogP contribution in [0.1, 0.15) is 30.4 Å². The van der Waals surface area contributed by atoms with E-state index >= 15 is 0 Å². The molecule has 0 aliphatic heterocycles. The minimum atomic E-state index is -0.982. The highest BCUT2D eigenvalue weighted by Gasteiger charge is 2.41. The Hall–Kier alpha value is -3.48. The molecule has 0 saturated carbocycles. The van der Waals surface area contributed by atoms with Crippen molar-refractivity contribution in [3.8, 4) is 23.0 Å². The van der Waals surface area contributed by atoms with Crippen molar-refractivity contribution in [3.05, 3.63) is 53.6 Å². The highest BCUT2D eigenvalue weighted by Crippen LogP contribution is 2.46. The number of hydrogen-bond donors (Lipinski definition) is 0. The van der Waals surface area contributed by atoms with Crippen LogP contribution < -0.4 is 18.9 Å². The lowest BCUT2D eigenvalue weighted by molar-refractivity contribution is -0.151. The van der Waals surface area contributed by atoms with Crippen molar-refractivity contribution < 1.29 is 33.3 Å². The summed E-state index contributed by atoms with van der Waals surface area (Å²) >= 11 is 0. The molecule has 0 N–H and O–H groups in total. The third-order valence-corrected chi connectivity index (χ3v) is 5.60. The molecular formula is C25H28O7. The summed E-state index contributed by atoms with van der Waals surface area (Å²) in [6.45, 7) is 1.91. The molecule has 0 aromatic heterocycles. The van der Waals surface area contributed by atoms with Crippen molar-refractivity contribution in [2.75, 3.05) is 35.0 Å². The number of ether oxygens (including phenoxy) is 5. The Morgan fingerprint density at radius 2 is 1.56 bits per heavy atom. The largest absolute Gasteiger partial charge is 0.497 e. The summed E-state index contributed by atoms with van der Waals surface area (Å²) in [7, 11) is 6.26. The summed E-state index contributed by atoms with van der Waals surface area (Å²) in [5.41, 5.74) is 2.22. The zero-order valence-corrected chi connectivity index (χ0v) is 19.0. The Kier molecular flexibility index (Phi) is 7.41. The fourth-order valence-corrected chi connectivity index (χ4v) is 4.06. The number of carbonyl (C=O) groups excluding carboxylic acids is 2. The van der Waals surface area contributed by atoms with Crippen LogP contribution in [0.2, 0.25) is 0 Å². The number of rotatable bonds is 8. The molecule has 32 heavy (non-hydrogen) atoms. The van der Waals surface area contributed by atoms with Gasteiger partial charge in [0.1, 0.15) is 28.9 Å². The lowest BCUT2D eigenvalue weighted by Crippen LogP contribution is -2.34. The highest BCUT2D eigenvalue weighted by atomic mass is 16.5. The first-order valence-electron chi connectivity index (χ1n) is 10.3. The van der Waals surface area contributed by atoms with Crippen LogP contribution in [0.25, 0.3) is 5.57 Å². The fraction of sp³-hybridized carbons (Fsp3) is 0.360. The van der Waals surface area contributed by atoms with Gasteiger partial charge in [-0.25, -0.2) is 0 Å².